The molecule has 0 saturated carbocycles. The molecule has 126 valence electrons. The second-order valence-electron chi connectivity index (χ2n) is 5.28. The molecule has 3 rings (SSSR count). The van der Waals surface area contributed by atoms with Crippen LogP contribution in [-0.4, -0.2) is 25.3 Å². The molecule has 0 unspecified atom stereocenters. The van der Waals surface area contributed by atoms with Crippen LogP contribution in [-0.2, 0) is 0 Å². The second-order valence-corrected chi connectivity index (χ2v) is 5.28. The summed E-state index contributed by atoms with van der Waals surface area (Å²) in [6, 6.07) is 19.7. The molecule has 1 heterocycles. The molecule has 1 aromatic heterocycles. The lowest BCUT2D eigenvalue weighted by molar-refractivity contribution is 0.0947. The Morgan fingerprint density at radius 3 is 2.52 bits per heavy atom. The van der Waals surface area contributed by atoms with Crippen molar-refractivity contribution in [3.05, 3.63) is 78.1 Å². The van der Waals surface area contributed by atoms with Gasteiger partial charge in [0, 0.05) is 5.56 Å². The number of carbonyl (C=O) groups excluding carboxylic acids is 2. The number of hydrogen-bond donors (Lipinski definition) is 1. The van der Waals surface area contributed by atoms with Gasteiger partial charge in [0.1, 0.15) is 18.1 Å². The van der Waals surface area contributed by atoms with Crippen LogP contribution in [0.15, 0.2) is 71.1 Å². The average Bonchev–Trinajstić information content (AvgIpc) is 3.15. The van der Waals surface area contributed by atoms with E-state index >= 15 is 0 Å². The van der Waals surface area contributed by atoms with Crippen LogP contribution in [0.2, 0.25) is 0 Å². The Labute approximate surface area is 145 Å². The normalized spacial score (nSPS) is 10.2. The summed E-state index contributed by atoms with van der Waals surface area (Å²) < 4.78 is 11.0. The van der Waals surface area contributed by atoms with Gasteiger partial charge < -0.3 is 14.5 Å². The number of benzene rings is 2. The van der Waals surface area contributed by atoms with Crippen LogP contribution >= 0.6 is 0 Å². The van der Waals surface area contributed by atoms with Crippen molar-refractivity contribution in [1.29, 1.82) is 0 Å². The van der Waals surface area contributed by atoms with Gasteiger partial charge in [-0.3, -0.25) is 9.59 Å². The zero-order chi connectivity index (χ0) is 17.5. The Balaban J connectivity index is 1.63. The van der Waals surface area contributed by atoms with Crippen LogP contribution in [0, 0.1) is 0 Å². The summed E-state index contributed by atoms with van der Waals surface area (Å²) in [7, 11) is 0. The number of aldehydes is 1. The number of hydrogen-bond acceptors (Lipinski definition) is 4. The van der Waals surface area contributed by atoms with Crippen molar-refractivity contribution in [2.75, 3.05) is 13.2 Å². The van der Waals surface area contributed by atoms with Crippen molar-refractivity contribution < 1.29 is 18.7 Å². The maximum atomic E-state index is 12.4. The Bertz CT molecular complexity index is 855. The number of furan rings is 1. The minimum Gasteiger partial charge on any atom is -0.492 e. The van der Waals surface area contributed by atoms with Crippen LogP contribution in [0.25, 0.3) is 11.3 Å². The Hall–Kier alpha value is -3.34. The van der Waals surface area contributed by atoms with Crippen LogP contribution in [0.3, 0.4) is 0 Å². The summed E-state index contributed by atoms with van der Waals surface area (Å²) in [4.78, 5) is 23.2. The molecule has 0 saturated heterocycles. The zero-order valence-electron chi connectivity index (χ0n) is 13.5. The first-order valence-corrected chi connectivity index (χ1v) is 7.88. The van der Waals surface area contributed by atoms with Gasteiger partial charge in [0.25, 0.3) is 5.91 Å². The maximum Gasteiger partial charge on any atom is 0.252 e. The third-order valence-corrected chi connectivity index (χ3v) is 3.58. The quantitative estimate of drug-likeness (QED) is 0.529. The van der Waals surface area contributed by atoms with E-state index in [1.165, 1.54) is 0 Å². The highest BCUT2D eigenvalue weighted by atomic mass is 16.5. The first-order valence-electron chi connectivity index (χ1n) is 7.88. The van der Waals surface area contributed by atoms with E-state index in [1.807, 2.05) is 36.4 Å². The molecule has 0 bridgehead atoms. The lowest BCUT2D eigenvalue weighted by Crippen LogP contribution is -2.28. The molecule has 0 aliphatic heterocycles. The third kappa shape index (κ3) is 4.14. The summed E-state index contributed by atoms with van der Waals surface area (Å²) in [5, 5.41) is 2.83. The molecule has 25 heavy (non-hydrogen) atoms. The fourth-order valence-corrected chi connectivity index (χ4v) is 2.40. The van der Waals surface area contributed by atoms with Crippen LogP contribution < -0.4 is 10.1 Å². The van der Waals surface area contributed by atoms with Crippen LogP contribution in [0.5, 0.6) is 5.75 Å². The maximum absolute atomic E-state index is 12.4. The molecule has 5 nitrogen and oxygen atoms in total. The fraction of sp³-hybridized carbons (Fsp3) is 0.100. The van der Waals surface area contributed by atoms with Crippen molar-refractivity contribution >= 4 is 12.2 Å². The molecule has 1 amide bonds. The van der Waals surface area contributed by atoms with Gasteiger partial charge in [0.15, 0.2) is 12.0 Å². The van der Waals surface area contributed by atoms with Gasteiger partial charge in [0.2, 0.25) is 0 Å². The predicted octanol–water partition coefficient (Wildman–Crippen LogP) is 3.57. The number of para-hydroxylation sites is 1. The van der Waals surface area contributed by atoms with Crippen molar-refractivity contribution in [3.8, 4) is 17.1 Å². The smallest absolute Gasteiger partial charge is 0.252 e. The predicted molar refractivity (Wildman–Crippen MR) is 93.8 cm³/mol. The summed E-state index contributed by atoms with van der Waals surface area (Å²) in [5.74, 6) is 1.24. The standard InChI is InChI=1S/C20H17NO4/c22-14-16-10-11-19(25-16)17-8-4-5-9-18(17)20(23)21-12-13-24-15-6-2-1-3-7-15/h1-11,14H,12-13H2,(H,21,23). The van der Waals surface area contributed by atoms with Crippen LogP contribution in [0.4, 0.5) is 0 Å². The highest BCUT2D eigenvalue weighted by Crippen LogP contribution is 2.25. The molecule has 3 aromatic rings. The van der Waals surface area contributed by atoms with Gasteiger partial charge in [-0.25, -0.2) is 0 Å². The minimum atomic E-state index is -0.226. The molecule has 0 atom stereocenters. The number of rotatable bonds is 7. The molecule has 0 radical (unpaired) electrons. The van der Waals surface area contributed by atoms with Crippen molar-refractivity contribution in [2.24, 2.45) is 0 Å². The highest BCUT2D eigenvalue weighted by molar-refractivity contribution is 6.00. The number of amides is 1. The molecule has 1 N–H and O–H groups in total. The second kappa shape index (κ2) is 7.97. The lowest BCUT2D eigenvalue weighted by Gasteiger charge is -2.10. The monoisotopic (exact) mass is 335 g/mol. The molecule has 2 aromatic carbocycles. The van der Waals surface area contributed by atoms with E-state index in [0.717, 1.165) is 5.75 Å². The molecular weight excluding hydrogens is 318 g/mol. The SMILES string of the molecule is O=Cc1ccc(-c2ccccc2C(=O)NCCOc2ccccc2)o1. The van der Waals surface area contributed by atoms with Gasteiger partial charge in [-0.2, -0.15) is 0 Å². The number of carbonyl (C=O) groups is 2. The molecule has 0 aliphatic rings. The third-order valence-electron chi connectivity index (χ3n) is 3.58. The highest BCUT2D eigenvalue weighted by Gasteiger charge is 2.14. The Morgan fingerprint density at radius 2 is 1.76 bits per heavy atom. The zero-order valence-corrected chi connectivity index (χ0v) is 13.5. The number of nitrogens with one attached hydrogen (secondary N) is 1. The molecule has 0 spiro atoms. The lowest BCUT2D eigenvalue weighted by atomic mass is 10.0. The van der Waals surface area contributed by atoms with Crippen molar-refractivity contribution in [2.45, 2.75) is 0 Å². The summed E-state index contributed by atoms with van der Waals surface area (Å²) >= 11 is 0. The van der Waals surface area contributed by atoms with Gasteiger partial charge in [-0.05, 0) is 30.3 Å². The molecular formula is C20H17NO4. The van der Waals surface area contributed by atoms with Crippen LogP contribution in [0.1, 0.15) is 20.9 Å². The Morgan fingerprint density at radius 1 is 1.00 bits per heavy atom. The van der Waals surface area contributed by atoms with E-state index in [0.29, 0.717) is 36.3 Å². The van der Waals surface area contributed by atoms with E-state index in [-0.39, 0.29) is 11.7 Å². The summed E-state index contributed by atoms with van der Waals surface area (Å²) in [6.07, 6.45) is 0.632. The average molecular weight is 335 g/mol. The van der Waals surface area contributed by atoms with E-state index < -0.39 is 0 Å². The van der Waals surface area contributed by atoms with Crippen molar-refractivity contribution in [1.82, 2.24) is 5.32 Å². The van der Waals surface area contributed by atoms with Gasteiger partial charge in [-0.1, -0.05) is 36.4 Å². The largest absolute Gasteiger partial charge is 0.492 e. The van der Waals surface area contributed by atoms with Gasteiger partial charge in [0.05, 0.1) is 12.1 Å². The topological polar surface area (TPSA) is 68.5 Å². The summed E-state index contributed by atoms with van der Waals surface area (Å²) in [6.45, 7) is 0.744. The van der Waals surface area contributed by atoms with E-state index in [9.17, 15) is 9.59 Å². The molecule has 5 heteroatoms. The Kier molecular flexibility index (Phi) is 5.26. The first-order chi connectivity index (χ1) is 12.3. The molecule has 0 aliphatic carbocycles. The van der Waals surface area contributed by atoms with E-state index in [4.69, 9.17) is 9.15 Å². The molecule has 0 fully saturated rings. The first kappa shape index (κ1) is 16.5. The number of ether oxygens (including phenoxy) is 1. The van der Waals surface area contributed by atoms with E-state index in [1.54, 1.807) is 30.3 Å². The summed E-state index contributed by atoms with van der Waals surface area (Å²) in [5.41, 5.74) is 1.12. The fourth-order valence-electron chi connectivity index (χ4n) is 2.40. The van der Waals surface area contributed by atoms with Gasteiger partial charge in [-0.15, -0.1) is 0 Å². The van der Waals surface area contributed by atoms with Crippen molar-refractivity contribution in [3.63, 3.8) is 0 Å². The van der Waals surface area contributed by atoms with Gasteiger partial charge >= 0.3 is 0 Å². The van der Waals surface area contributed by atoms with E-state index in [2.05, 4.69) is 5.32 Å². The minimum absolute atomic E-state index is 0.224.